The van der Waals surface area contributed by atoms with Crippen LogP contribution < -0.4 is 0 Å². The van der Waals surface area contributed by atoms with E-state index in [-0.39, 0.29) is 34.2 Å². The van der Waals surface area contributed by atoms with E-state index in [4.69, 9.17) is 0 Å². The Balaban J connectivity index is 1.63. The lowest BCUT2D eigenvalue weighted by Gasteiger charge is -2.68. The van der Waals surface area contributed by atoms with Crippen LogP contribution in [0.25, 0.3) is 0 Å². The average Bonchev–Trinajstić information content (AvgIpc) is 3.02. The normalized spacial score (nSPS) is 67.6. The number of nitrogens with zero attached hydrogens (tertiary/aromatic N) is 1. The number of likely N-dealkylation sites (tertiary alicyclic amines) is 1. The smallest absolute Gasteiger partial charge is 0.0814 e. The number of aliphatic hydroxyl groups excluding tert-OH is 3. The number of hydrogen-bond donors (Lipinski definition) is 3. The summed E-state index contributed by atoms with van der Waals surface area (Å²) in [6, 6.07) is 0.305. The predicted molar refractivity (Wildman–Crippen MR) is 93.6 cm³/mol. The molecule has 1 aliphatic heterocycles. The van der Waals surface area contributed by atoms with Crippen molar-refractivity contribution in [3.63, 3.8) is 0 Å². The zero-order valence-electron chi connectivity index (χ0n) is 15.4. The highest BCUT2D eigenvalue weighted by Gasteiger charge is 2.85. The van der Waals surface area contributed by atoms with E-state index in [1.165, 1.54) is 0 Å². The molecule has 11 atom stereocenters. The molecular formula is C21H31NO3. The highest BCUT2D eigenvalue weighted by molar-refractivity contribution is 5.39. The number of fused-ring (bicyclic) bond motifs is 2. The summed E-state index contributed by atoms with van der Waals surface area (Å²) in [7, 11) is 2.22. The van der Waals surface area contributed by atoms with E-state index in [2.05, 4.69) is 25.5 Å². The van der Waals surface area contributed by atoms with Crippen molar-refractivity contribution >= 4 is 0 Å². The van der Waals surface area contributed by atoms with Crippen molar-refractivity contribution in [1.29, 1.82) is 0 Å². The molecular weight excluding hydrogens is 314 g/mol. The van der Waals surface area contributed by atoms with Gasteiger partial charge in [0.2, 0.25) is 0 Å². The second-order valence-electron chi connectivity index (χ2n) is 10.7. The van der Waals surface area contributed by atoms with E-state index >= 15 is 0 Å². The molecule has 1 saturated heterocycles. The summed E-state index contributed by atoms with van der Waals surface area (Å²) in [5.41, 5.74) is 0.609. The van der Waals surface area contributed by atoms with E-state index in [0.717, 1.165) is 44.2 Å². The third kappa shape index (κ3) is 1.28. The van der Waals surface area contributed by atoms with Gasteiger partial charge in [-0.25, -0.2) is 0 Å². The van der Waals surface area contributed by atoms with Crippen LogP contribution in [0.3, 0.4) is 0 Å². The first kappa shape index (κ1) is 15.6. The number of aliphatic hydroxyl groups is 3. The van der Waals surface area contributed by atoms with Crippen molar-refractivity contribution in [1.82, 2.24) is 4.90 Å². The molecule has 6 aliphatic carbocycles. The van der Waals surface area contributed by atoms with Crippen molar-refractivity contribution < 1.29 is 15.3 Å². The minimum atomic E-state index is -0.501. The van der Waals surface area contributed by atoms with Gasteiger partial charge in [0, 0.05) is 35.3 Å². The maximum atomic E-state index is 11.4. The molecule has 4 heteroatoms. The van der Waals surface area contributed by atoms with Gasteiger partial charge in [-0.2, -0.15) is 0 Å². The fraction of sp³-hybridized carbons (Fsp3) is 0.905. The second-order valence-corrected chi connectivity index (χ2v) is 10.7. The molecule has 25 heavy (non-hydrogen) atoms. The van der Waals surface area contributed by atoms with Crippen LogP contribution in [0, 0.1) is 39.9 Å². The second kappa shape index (κ2) is 4.19. The van der Waals surface area contributed by atoms with Crippen molar-refractivity contribution in [2.45, 2.75) is 63.4 Å². The minimum absolute atomic E-state index is 0.0158. The van der Waals surface area contributed by atoms with E-state index in [1.807, 2.05) is 0 Å². The molecule has 1 heterocycles. The highest BCUT2D eigenvalue weighted by atomic mass is 16.3. The van der Waals surface area contributed by atoms with Gasteiger partial charge in [-0.15, -0.1) is 0 Å². The quantitative estimate of drug-likeness (QED) is 0.581. The lowest BCUT2D eigenvalue weighted by Crippen LogP contribution is -2.72. The van der Waals surface area contributed by atoms with Gasteiger partial charge in [0.1, 0.15) is 0 Å². The maximum absolute atomic E-state index is 11.4. The Labute approximate surface area is 149 Å². The number of rotatable bonds is 0. The number of hydrogen-bond acceptors (Lipinski definition) is 4. The summed E-state index contributed by atoms with van der Waals surface area (Å²) in [6.07, 6.45) is 3.70. The summed E-state index contributed by atoms with van der Waals surface area (Å²) in [5.74, 6) is 0.914. The largest absolute Gasteiger partial charge is 0.392 e. The van der Waals surface area contributed by atoms with Crippen LogP contribution in [0.15, 0.2) is 12.2 Å². The Hall–Kier alpha value is -0.420. The van der Waals surface area contributed by atoms with Gasteiger partial charge in [-0.3, -0.25) is 0 Å². The van der Waals surface area contributed by atoms with Gasteiger partial charge in [-0.1, -0.05) is 13.5 Å². The van der Waals surface area contributed by atoms with Crippen molar-refractivity contribution in [2.75, 3.05) is 13.6 Å². The van der Waals surface area contributed by atoms with Gasteiger partial charge in [0.05, 0.1) is 18.3 Å². The van der Waals surface area contributed by atoms with E-state index in [0.29, 0.717) is 17.9 Å². The Morgan fingerprint density at radius 1 is 1.16 bits per heavy atom. The molecule has 7 aliphatic rings. The lowest BCUT2D eigenvalue weighted by atomic mass is 9.38. The molecule has 6 saturated carbocycles. The molecule has 0 radical (unpaired) electrons. The summed E-state index contributed by atoms with van der Waals surface area (Å²) in [5, 5.41) is 34.1. The summed E-state index contributed by atoms with van der Waals surface area (Å²) >= 11 is 0. The monoisotopic (exact) mass is 345 g/mol. The van der Waals surface area contributed by atoms with Crippen molar-refractivity contribution in [3.05, 3.63) is 12.2 Å². The molecule has 0 aromatic carbocycles. The van der Waals surface area contributed by atoms with Crippen LogP contribution in [0.2, 0.25) is 0 Å². The Morgan fingerprint density at radius 2 is 1.92 bits per heavy atom. The van der Waals surface area contributed by atoms with E-state index in [9.17, 15) is 15.3 Å². The van der Waals surface area contributed by atoms with Crippen LogP contribution in [0.1, 0.15) is 39.0 Å². The van der Waals surface area contributed by atoms with Gasteiger partial charge >= 0.3 is 0 Å². The molecule has 4 nitrogen and oxygen atoms in total. The molecule has 7 fully saturated rings. The van der Waals surface area contributed by atoms with Gasteiger partial charge < -0.3 is 20.2 Å². The Bertz CT molecular complexity index is 680. The molecule has 0 amide bonds. The zero-order valence-corrected chi connectivity index (χ0v) is 15.4. The first-order valence-electron chi connectivity index (χ1n) is 10.2. The van der Waals surface area contributed by atoms with Crippen LogP contribution in [0.4, 0.5) is 0 Å². The third-order valence-corrected chi connectivity index (χ3v) is 10.3. The third-order valence-electron chi connectivity index (χ3n) is 10.3. The standard InChI is InChI=1S/C21H31NO3/c1-10-11-4-7-20(18(10)25)12-8-13-19(2)6-5-14(23)21(13,16(20)15(11)24)17(12)22(3)9-19/h11-18,23-25H,1,4-9H2,2-3H3/t11-,12+,13-,14+,15+,16-,17?,18-,19+,20+,21-/m1/s1. The average molecular weight is 345 g/mol. The van der Waals surface area contributed by atoms with Crippen molar-refractivity contribution in [3.8, 4) is 0 Å². The molecule has 0 aromatic heterocycles. The topological polar surface area (TPSA) is 63.9 Å². The maximum Gasteiger partial charge on any atom is 0.0814 e. The molecule has 1 unspecified atom stereocenters. The summed E-state index contributed by atoms with van der Waals surface area (Å²) < 4.78 is 0. The minimum Gasteiger partial charge on any atom is -0.392 e. The molecule has 7 rings (SSSR count). The fourth-order valence-electron chi connectivity index (χ4n) is 9.94. The summed E-state index contributed by atoms with van der Waals surface area (Å²) in [4.78, 5) is 2.50. The van der Waals surface area contributed by atoms with Crippen LogP contribution >= 0.6 is 0 Å². The van der Waals surface area contributed by atoms with Crippen LogP contribution in [0.5, 0.6) is 0 Å². The Morgan fingerprint density at radius 3 is 2.68 bits per heavy atom. The Kier molecular flexibility index (Phi) is 2.62. The van der Waals surface area contributed by atoms with Crippen LogP contribution in [-0.4, -0.2) is 58.2 Å². The first-order valence-corrected chi connectivity index (χ1v) is 10.2. The van der Waals surface area contributed by atoms with Crippen molar-refractivity contribution in [2.24, 2.45) is 39.9 Å². The SMILES string of the molecule is C=C1[C@H]2CC[C@@]3([C@@H]1O)[C@@H]([C@H]2O)[C@@]12C4[C@@H]3C[C@@H]1[C@@](C)(CC[C@@H]2O)CN4C. The molecule has 0 aromatic rings. The van der Waals surface area contributed by atoms with E-state index < -0.39 is 12.2 Å². The first-order chi connectivity index (χ1) is 11.8. The predicted octanol–water partition coefficient (Wildman–Crippen LogP) is 1.40. The molecule has 138 valence electrons. The van der Waals surface area contributed by atoms with Gasteiger partial charge in [-0.05, 0) is 62.0 Å². The number of piperidine rings is 1. The van der Waals surface area contributed by atoms with Gasteiger partial charge in [0.25, 0.3) is 0 Å². The molecule has 2 spiro atoms. The van der Waals surface area contributed by atoms with Gasteiger partial charge in [0.15, 0.2) is 0 Å². The highest BCUT2D eigenvalue weighted by Crippen LogP contribution is 2.83. The summed E-state index contributed by atoms with van der Waals surface area (Å²) in [6.45, 7) is 7.70. The van der Waals surface area contributed by atoms with E-state index in [1.54, 1.807) is 0 Å². The molecule has 7 bridgehead atoms. The lowest BCUT2D eigenvalue weighted by molar-refractivity contribution is -0.255. The van der Waals surface area contributed by atoms with Crippen LogP contribution in [-0.2, 0) is 0 Å². The fourth-order valence-corrected chi connectivity index (χ4v) is 9.94. The molecule has 3 N–H and O–H groups in total. The zero-order chi connectivity index (χ0) is 17.5.